The van der Waals surface area contributed by atoms with Crippen LogP contribution in [0, 0.1) is 5.41 Å². The van der Waals surface area contributed by atoms with Crippen molar-refractivity contribution in [2.45, 2.75) is 33.3 Å². The Morgan fingerprint density at radius 3 is 1.64 bits per heavy atom. The quantitative estimate of drug-likeness (QED) is 0.652. The summed E-state index contributed by atoms with van der Waals surface area (Å²) in [5, 5.41) is 9.64. The zero-order chi connectivity index (χ0) is 10.9. The van der Waals surface area contributed by atoms with Crippen LogP contribution < -0.4 is 51.4 Å². The first kappa shape index (κ1) is 17.6. The molecule has 0 saturated carbocycles. The maximum Gasteiger partial charge on any atom is 1.00 e. The van der Waals surface area contributed by atoms with Gasteiger partial charge in [-0.05, 0) is 12.3 Å². The second-order valence-electron chi connectivity index (χ2n) is 4.38. The van der Waals surface area contributed by atoms with E-state index in [1.807, 2.05) is 0 Å². The van der Waals surface area contributed by atoms with Gasteiger partial charge in [-0.15, -0.1) is 5.98 Å². The molecule has 0 heterocycles. The molecule has 0 aliphatic rings. The maximum absolute atomic E-state index is 11.8. The summed E-state index contributed by atoms with van der Waals surface area (Å²) in [6, 6.07) is 0. The molecule has 0 fully saturated rings. The number of rotatable bonds is 2. The molecule has 14 heavy (non-hydrogen) atoms. The van der Waals surface area contributed by atoms with Gasteiger partial charge < -0.3 is 18.1 Å². The Balaban J connectivity index is 0. The molecular formula is C8H15BF3KO. The molecule has 1 unspecified atom stereocenters. The molecule has 0 spiro atoms. The number of hydrogen-bond donors (Lipinski definition) is 1. The molecule has 0 bridgehead atoms. The van der Waals surface area contributed by atoms with E-state index in [4.69, 9.17) is 0 Å². The summed E-state index contributed by atoms with van der Waals surface area (Å²) in [5.41, 5.74) is -2.05. The van der Waals surface area contributed by atoms with E-state index in [1.165, 1.54) is 6.92 Å². The molecule has 0 aliphatic carbocycles. The minimum atomic E-state index is -4.96. The monoisotopic (exact) mass is 234 g/mol. The summed E-state index contributed by atoms with van der Waals surface area (Å²) in [4.78, 5) is 0. The fraction of sp³-hybridized carbons (Fsp3) is 0.750. The maximum atomic E-state index is 11.8. The molecule has 6 heteroatoms. The fourth-order valence-corrected chi connectivity index (χ4v) is 0.546. The van der Waals surface area contributed by atoms with Crippen molar-refractivity contribution < 1.29 is 69.4 Å². The minimum Gasteiger partial charge on any atom is -0.445 e. The first-order valence-corrected chi connectivity index (χ1v) is 4.08. The molecule has 0 rings (SSSR count). The first-order valence-electron chi connectivity index (χ1n) is 4.08. The van der Waals surface area contributed by atoms with E-state index in [1.54, 1.807) is 20.8 Å². The fourth-order valence-electron chi connectivity index (χ4n) is 0.546. The largest absolute Gasteiger partial charge is 1.00 e. The first-order chi connectivity index (χ1) is 5.46. The van der Waals surface area contributed by atoms with E-state index in [-0.39, 0.29) is 57.4 Å². The van der Waals surface area contributed by atoms with Crippen LogP contribution in [-0.2, 0) is 0 Å². The third-order valence-electron chi connectivity index (χ3n) is 2.16. The molecule has 0 aromatic carbocycles. The van der Waals surface area contributed by atoms with Crippen molar-refractivity contribution in [1.29, 1.82) is 0 Å². The zero-order valence-electron chi connectivity index (χ0n) is 9.31. The Morgan fingerprint density at radius 1 is 1.07 bits per heavy atom. The van der Waals surface area contributed by atoms with E-state index in [9.17, 15) is 18.1 Å². The van der Waals surface area contributed by atoms with Crippen molar-refractivity contribution in [3.8, 4) is 0 Å². The Hall–Kier alpha value is 1.19. The van der Waals surface area contributed by atoms with Crippen molar-refractivity contribution in [1.82, 2.24) is 0 Å². The van der Waals surface area contributed by atoms with Crippen LogP contribution in [0.1, 0.15) is 27.7 Å². The Bertz CT molecular complexity index is 206. The molecule has 0 amide bonds. The van der Waals surface area contributed by atoms with Crippen LogP contribution in [0.15, 0.2) is 12.1 Å². The summed E-state index contributed by atoms with van der Waals surface area (Å²) in [6.07, 6.45) is 0.812. The summed E-state index contributed by atoms with van der Waals surface area (Å²) in [7, 11) is 0. The van der Waals surface area contributed by atoms with Gasteiger partial charge in [-0.3, -0.25) is 0 Å². The van der Waals surface area contributed by atoms with Gasteiger partial charge in [0.15, 0.2) is 0 Å². The molecule has 0 aromatic heterocycles. The molecule has 0 radical (unpaired) electrons. The van der Waals surface area contributed by atoms with Gasteiger partial charge in [0.1, 0.15) is 0 Å². The standard InChI is InChI=1S/C8H15BF3O.K/c1-7(2,3)8(4,13)5-6-9(10,11)12;/h5-6,13H,1-4H3;/q-1;+1/b6-5+;. The summed E-state index contributed by atoms with van der Waals surface area (Å²) in [6.45, 7) is 1.45. The normalized spacial score (nSPS) is 17.7. The Morgan fingerprint density at radius 2 is 1.43 bits per heavy atom. The van der Waals surface area contributed by atoms with Crippen LogP contribution in [0.5, 0.6) is 0 Å². The summed E-state index contributed by atoms with van der Waals surface area (Å²) < 4.78 is 35.5. The van der Waals surface area contributed by atoms with E-state index < -0.39 is 18.0 Å². The molecular weight excluding hydrogens is 219 g/mol. The molecule has 1 nitrogen and oxygen atoms in total. The van der Waals surface area contributed by atoms with Crippen molar-refractivity contribution in [3.05, 3.63) is 12.1 Å². The molecule has 1 N–H and O–H groups in total. The van der Waals surface area contributed by atoms with Crippen LogP contribution in [0.4, 0.5) is 12.9 Å². The van der Waals surface area contributed by atoms with Crippen molar-refractivity contribution >= 4 is 6.98 Å². The number of aliphatic hydroxyl groups is 1. The molecule has 0 aliphatic heterocycles. The number of hydrogen-bond acceptors (Lipinski definition) is 1. The average molecular weight is 234 g/mol. The smallest absolute Gasteiger partial charge is 0.445 e. The predicted octanol–water partition coefficient (Wildman–Crippen LogP) is -0.270. The molecule has 0 saturated heterocycles. The van der Waals surface area contributed by atoms with Crippen LogP contribution >= 0.6 is 0 Å². The van der Waals surface area contributed by atoms with Crippen molar-refractivity contribution in [2.75, 3.05) is 0 Å². The van der Waals surface area contributed by atoms with Crippen LogP contribution in [-0.4, -0.2) is 17.7 Å². The number of halogens is 3. The van der Waals surface area contributed by atoms with Gasteiger partial charge in [-0.1, -0.05) is 26.8 Å². The molecule has 1 atom stereocenters. The van der Waals surface area contributed by atoms with Gasteiger partial charge in [-0.2, -0.15) is 0 Å². The van der Waals surface area contributed by atoms with Gasteiger partial charge in [0.2, 0.25) is 0 Å². The van der Waals surface area contributed by atoms with E-state index in [0.717, 1.165) is 6.08 Å². The topological polar surface area (TPSA) is 20.2 Å². The van der Waals surface area contributed by atoms with E-state index >= 15 is 0 Å². The third kappa shape index (κ3) is 6.63. The van der Waals surface area contributed by atoms with Crippen molar-refractivity contribution in [3.63, 3.8) is 0 Å². The van der Waals surface area contributed by atoms with Crippen LogP contribution in [0.3, 0.4) is 0 Å². The zero-order valence-corrected chi connectivity index (χ0v) is 12.4. The SMILES string of the molecule is CC(C)(C)C(C)(O)/C=C/[B-](F)(F)F.[K+]. The average Bonchev–Trinajstić information content (AvgIpc) is 1.79. The van der Waals surface area contributed by atoms with Crippen molar-refractivity contribution in [2.24, 2.45) is 5.41 Å². The second-order valence-corrected chi connectivity index (χ2v) is 4.38. The Labute approximate surface area is 126 Å². The summed E-state index contributed by atoms with van der Waals surface area (Å²) in [5.74, 6) is 0.130. The van der Waals surface area contributed by atoms with Gasteiger partial charge in [0.25, 0.3) is 0 Å². The van der Waals surface area contributed by atoms with Crippen LogP contribution in [0.2, 0.25) is 0 Å². The summed E-state index contributed by atoms with van der Waals surface area (Å²) >= 11 is 0. The minimum absolute atomic E-state index is 0. The van der Waals surface area contributed by atoms with E-state index in [0.29, 0.717) is 0 Å². The van der Waals surface area contributed by atoms with Gasteiger partial charge >= 0.3 is 58.4 Å². The molecule has 0 aromatic rings. The third-order valence-corrected chi connectivity index (χ3v) is 2.16. The van der Waals surface area contributed by atoms with Crippen LogP contribution in [0.25, 0.3) is 0 Å². The Kier molecular flexibility index (Phi) is 6.91. The second kappa shape index (κ2) is 5.50. The van der Waals surface area contributed by atoms with Gasteiger partial charge in [0, 0.05) is 0 Å². The van der Waals surface area contributed by atoms with Gasteiger partial charge in [-0.25, -0.2) is 0 Å². The predicted molar refractivity (Wildman–Crippen MR) is 48.3 cm³/mol. The van der Waals surface area contributed by atoms with Gasteiger partial charge in [0.05, 0.1) is 5.60 Å². The van der Waals surface area contributed by atoms with E-state index in [2.05, 4.69) is 0 Å². The molecule has 78 valence electrons.